The van der Waals surface area contributed by atoms with Gasteiger partial charge in [-0.2, -0.15) is 8.42 Å². The highest BCUT2D eigenvalue weighted by molar-refractivity contribution is 7.92. The van der Waals surface area contributed by atoms with Gasteiger partial charge in [-0.25, -0.2) is 9.18 Å². The fourth-order valence-corrected chi connectivity index (χ4v) is 2.63. The molecule has 2 N–H and O–H groups in total. The van der Waals surface area contributed by atoms with Gasteiger partial charge in [-0.3, -0.25) is 4.72 Å². The topological polar surface area (TPSA) is 96.6 Å². The van der Waals surface area contributed by atoms with E-state index in [1.165, 1.54) is 0 Å². The van der Waals surface area contributed by atoms with E-state index >= 15 is 0 Å². The van der Waals surface area contributed by atoms with Crippen LogP contribution in [-0.4, -0.2) is 19.5 Å². The highest BCUT2D eigenvalue weighted by Crippen LogP contribution is 2.25. The van der Waals surface area contributed by atoms with Crippen molar-refractivity contribution in [2.24, 2.45) is 0 Å². The molecule has 9 heteroatoms. The predicted octanol–water partition coefficient (Wildman–Crippen LogP) is 2.57. The number of carboxylic acids is 1. The number of halogens is 2. The number of benzene rings is 1. The number of sulfonamides is 1. The molecule has 6 nitrogen and oxygen atoms in total. The lowest BCUT2D eigenvalue weighted by Crippen LogP contribution is -2.12. The summed E-state index contributed by atoms with van der Waals surface area (Å²) in [4.78, 5) is 10.6. The fraction of sp³-hybridized carbons (Fsp3) is 0. The van der Waals surface area contributed by atoms with Gasteiger partial charge in [0, 0.05) is 0 Å². The first-order valence-corrected chi connectivity index (χ1v) is 6.97. The molecule has 0 saturated heterocycles. The minimum absolute atomic E-state index is 0.0543. The number of carboxylic acid groups (broad SMARTS) is 1. The summed E-state index contributed by atoms with van der Waals surface area (Å²) in [5.41, 5.74) is -0.0543. The van der Waals surface area contributed by atoms with Crippen LogP contribution >= 0.6 is 11.6 Å². The maximum Gasteiger partial charge on any atom is 0.371 e. The van der Waals surface area contributed by atoms with Gasteiger partial charge in [-0.05, 0) is 30.3 Å². The second-order valence-corrected chi connectivity index (χ2v) is 5.67. The van der Waals surface area contributed by atoms with Crippen molar-refractivity contribution in [1.82, 2.24) is 0 Å². The number of carbonyl (C=O) groups is 1. The molecule has 1 heterocycles. The standard InChI is InChI=1S/C11H7ClFNO5S/c12-7-5-6(13)1-2-8(7)14-20(17,18)10-4-3-9(19-10)11(15)16/h1-5,14H,(H,15,16). The van der Waals surface area contributed by atoms with Crippen molar-refractivity contribution < 1.29 is 27.1 Å². The zero-order valence-corrected chi connectivity index (χ0v) is 11.2. The molecule has 1 aromatic heterocycles. The number of anilines is 1. The zero-order valence-electron chi connectivity index (χ0n) is 9.63. The third-order valence-electron chi connectivity index (χ3n) is 2.23. The van der Waals surface area contributed by atoms with E-state index in [2.05, 4.69) is 9.14 Å². The molecule has 0 radical (unpaired) electrons. The third-order valence-corrected chi connectivity index (χ3v) is 3.78. The smallest absolute Gasteiger partial charge is 0.371 e. The van der Waals surface area contributed by atoms with Gasteiger partial charge in [0.15, 0.2) is 0 Å². The summed E-state index contributed by atoms with van der Waals surface area (Å²) in [6, 6.07) is 5.08. The zero-order chi connectivity index (χ0) is 14.9. The molecule has 0 aliphatic rings. The molecule has 2 rings (SSSR count). The van der Waals surface area contributed by atoms with Crippen LogP contribution in [0.3, 0.4) is 0 Å². The SMILES string of the molecule is O=C(O)c1ccc(S(=O)(=O)Nc2ccc(F)cc2Cl)o1. The lowest BCUT2D eigenvalue weighted by Gasteiger charge is -2.07. The van der Waals surface area contributed by atoms with Crippen molar-refractivity contribution in [2.75, 3.05) is 4.72 Å². The van der Waals surface area contributed by atoms with Crippen molar-refractivity contribution >= 4 is 33.3 Å². The van der Waals surface area contributed by atoms with Crippen LogP contribution in [0.2, 0.25) is 5.02 Å². The Labute approximate surface area is 117 Å². The van der Waals surface area contributed by atoms with Crippen LogP contribution in [0, 0.1) is 5.82 Å². The molecule has 20 heavy (non-hydrogen) atoms. The van der Waals surface area contributed by atoms with Crippen LogP contribution in [-0.2, 0) is 10.0 Å². The van der Waals surface area contributed by atoms with Gasteiger partial charge in [-0.15, -0.1) is 0 Å². The number of aromatic carboxylic acids is 1. The van der Waals surface area contributed by atoms with E-state index in [1.54, 1.807) is 0 Å². The van der Waals surface area contributed by atoms with Crippen LogP contribution in [0.15, 0.2) is 39.8 Å². The van der Waals surface area contributed by atoms with Gasteiger partial charge in [0.25, 0.3) is 10.0 Å². The predicted molar refractivity (Wildman–Crippen MR) is 67.9 cm³/mol. The Kier molecular flexibility index (Phi) is 3.69. The van der Waals surface area contributed by atoms with Gasteiger partial charge >= 0.3 is 5.97 Å². The number of rotatable bonds is 4. The van der Waals surface area contributed by atoms with Gasteiger partial charge in [0.05, 0.1) is 10.7 Å². The van der Waals surface area contributed by atoms with Crippen LogP contribution in [0.1, 0.15) is 10.6 Å². The Morgan fingerprint density at radius 2 is 2.00 bits per heavy atom. The number of hydrogen-bond acceptors (Lipinski definition) is 4. The molecule has 0 bridgehead atoms. The minimum Gasteiger partial charge on any atom is -0.475 e. The molecule has 106 valence electrons. The summed E-state index contributed by atoms with van der Waals surface area (Å²) >= 11 is 5.69. The lowest BCUT2D eigenvalue weighted by molar-refractivity contribution is 0.0656. The van der Waals surface area contributed by atoms with Gasteiger partial charge in [0.1, 0.15) is 5.82 Å². The maximum atomic E-state index is 12.9. The summed E-state index contributed by atoms with van der Waals surface area (Å²) in [5, 5.41) is 7.93. The summed E-state index contributed by atoms with van der Waals surface area (Å²) in [6.45, 7) is 0. The molecule has 0 aliphatic heterocycles. The number of furan rings is 1. The van der Waals surface area contributed by atoms with Crippen LogP contribution < -0.4 is 4.72 Å². The first-order valence-electron chi connectivity index (χ1n) is 5.10. The van der Waals surface area contributed by atoms with Gasteiger partial charge < -0.3 is 9.52 Å². The molecule has 0 atom stereocenters. The summed E-state index contributed by atoms with van der Waals surface area (Å²) in [7, 11) is -4.15. The van der Waals surface area contributed by atoms with E-state index in [0.717, 1.165) is 30.3 Å². The molecule has 0 unspecified atom stereocenters. The van der Waals surface area contributed by atoms with E-state index in [4.69, 9.17) is 16.7 Å². The quantitative estimate of drug-likeness (QED) is 0.902. The molecule has 0 fully saturated rings. The molecule has 0 saturated carbocycles. The highest BCUT2D eigenvalue weighted by atomic mass is 35.5. The maximum absolute atomic E-state index is 12.9. The molecule has 0 aliphatic carbocycles. The number of nitrogens with one attached hydrogen (secondary N) is 1. The minimum atomic E-state index is -4.15. The van der Waals surface area contributed by atoms with Crippen molar-refractivity contribution in [3.8, 4) is 0 Å². The summed E-state index contributed by atoms with van der Waals surface area (Å²) in [6.07, 6.45) is 0. The molecular formula is C11H7ClFNO5S. The first-order chi connectivity index (χ1) is 9.29. The Hall–Kier alpha value is -2.06. The van der Waals surface area contributed by atoms with Crippen LogP contribution in [0.25, 0.3) is 0 Å². The average Bonchev–Trinajstić information content (AvgIpc) is 2.83. The van der Waals surface area contributed by atoms with Crippen LogP contribution in [0.4, 0.5) is 10.1 Å². The third kappa shape index (κ3) is 2.91. The Balaban J connectivity index is 2.33. The lowest BCUT2D eigenvalue weighted by atomic mass is 10.3. The Morgan fingerprint density at radius 1 is 1.30 bits per heavy atom. The van der Waals surface area contributed by atoms with E-state index in [1.807, 2.05) is 0 Å². The Bertz CT molecular complexity index is 771. The van der Waals surface area contributed by atoms with E-state index in [0.29, 0.717) is 0 Å². The normalized spacial score (nSPS) is 11.3. The first kappa shape index (κ1) is 14.4. The molecule has 0 spiro atoms. The van der Waals surface area contributed by atoms with E-state index in [9.17, 15) is 17.6 Å². The molecule has 2 aromatic rings. The van der Waals surface area contributed by atoms with E-state index < -0.39 is 32.7 Å². The fourth-order valence-electron chi connectivity index (χ4n) is 1.35. The second-order valence-electron chi connectivity index (χ2n) is 3.65. The van der Waals surface area contributed by atoms with Crippen molar-refractivity contribution in [1.29, 1.82) is 0 Å². The largest absolute Gasteiger partial charge is 0.475 e. The van der Waals surface area contributed by atoms with Crippen molar-refractivity contribution in [3.05, 3.63) is 46.9 Å². The van der Waals surface area contributed by atoms with E-state index in [-0.39, 0.29) is 10.7 Å². The van der Waals surface area contributed by atoms with Crippen LogP contribution in [0.5, 0.6) is 0 Å². The molecule has 1 aromatic carbocycles. The average molecular weight is 320 g/mol. The monoisotopic (exact) mass is 319 g/mol. The summed E-state index contributed by atoms with van der Waals surface area (Å²) in [5.74, 6) is -2.54. The number of hydrogen-bond donors (Lipinski definition) is 2. The van der Waals surface area contributed by atoms with Crippen molar-refractivity contribution in [3.63, 3.8) is 0 Å². The second kappa shape index (κ2) is 5.14. The van der Waals surface area contributed by atoms with Crippen molar-refractivity contribution in [2.45, 2.75) is 5.09 Å². The Morgan fingerprint density at radius 3 is 2.55 bits per heavy atom. The summed E-state index contributed by atoms with van der Waals surface area (Å²) < 4.78 is 43.4. The van der Waals surface area contributed by atoms with Gasteiger partial charge in [-0.1, -0.05) is 11.6 Å². The van der Waals surface area contributed by atoms with Gasteiger partial charge in [0.2, 0.25) is 10.9 Å². The molecule has 0 amide bonds. The molecular weight excluding hydrogens is 313 g/mol. The highest BCUT2D eigenvalue weighted by Gasteiger charge is 2.22.